The highest BCUT2D eigenvalue weighted by Gasteiger charge is 2.18. The monoisotopic (exact) mass is 110 g/mol. The second-order valence-electron chi connectivity index (χ2n) is 2.61. The van der Waals surface area contributed by atoms with E-state index in [-0.39, 0.29) is 0 Å². The second-order valence-corrected chi connectivity index (χ2v) is 2.61. The van der Waals surface area contributed by atoms with Crippen LogP contribution >= 0.6 is 0 Å². The summed E-state index contributed by atoms with van der Waals surface area (Å²) in [6.07, 6.45) is 0. The molecule has 1 rings (SSSR count). The molecular formula is C6H13BN. The van der Waals surface area contributed by atoms with Gasteiger partial charge in [-0.25, -0.2) is 0 Å². The first-order chi connectivity index (χ1) is 3.83. The molecular weight excluding hydrogens is 96.9 g/mol. The lowest BCUT2D eigenvalue weighted by molar-refractivity contribution is 0.549. The summed E-state index contributed by atoms with van der Waals surface area (Å²) in [5, 5.41) is 0. The molecule has 1 radical (unpaired) electrons. The summed E-state index contributed by atoms with van der Waals surface area (Å²) in [4.78, 5) is 2.45. The molecule has 1 aliphatic heterocycles. The lowest BCUT2D eigenvalue weighted by Crippen LogP contribution is -2.08. The summed E-state index contributed by atoms with van der Waals surface area (Å²) in [5.41, 5.74) is 0. The highest BCUT2D eigenvalue weighted by molar-refractivity contribution is 6.35. The molecule has 0 unspecified atom stereocenters. The molecule has 1 saturated heterocycles. The van der Waals surface area contributed by atoms with Crippen molar-refractivity contribution >= 4 is 7.28 Å². The van der Waals surface area contributed by atoms with E-state index in [1.807, 2.05) is 0 Å². The van der Waals surface area contributed by atoms with Crippen LogP contribution in [0.2, 0.25) is 12.6 Å². The van der Waals surface area contributed by atoms with Crippen molar-refractivity contribution in [3.05, 3.63) is 0 Å². The van der Waals surface area contributed by atoms with Crippen LogP contribution < -0.4 is 0 Å². The van der Waals surface area contributed by atoms with Crippen molar-refractivity contribution in [1.82, 2.24) is 4.90 Å². The molecule has 0 aromatic heterocycles. The number of hydrogen-bond donors (Lipinski definition) is 0. The van der Waals surface area contributed by atoms with Crippen LogP contribution in [-0.4, -0.2) is 31.8 Å². The molecule has 0 spiro atoms. The van der Waals surface area contributed by atoms with Crippen LogP contribution in [0.4, 0.5) is 0 Å². The minimum Gasteiger partial charge on any atom is -0.301 e. The standard InChI is InChI=1S/C6H13BN/c1-6(7-2)5-8-3-4-8/h6H,3-5H2,1-2H3/t6-/m1/s1. The van der Waals surface area contributed by atoms with Gasteiger partial charge in [0, 0.05) is 13.1 Å². The van der Waals surface area contributed by atoms with Gasteiger partial charge in [-0.3, -0.25) is 0 Å². The zero-order valence-corrected chi connectivity index (χ0v) is 5.72. The highest BCUT2D eigenvalue weighted by atomic mass is 15.3. The summed E-state index contributed by atoms with van der Waals surface area (Å²) >= 11 is 0. The smallest absolute Gasteiger partial charge is 0.111 e. The van der Waals surface area contributed by atoms with Gasteiger partial charge in [-0.2, -0.15) is 0 Å². The molecule has 0 aliphatic carbocycles. The highest BCUT2D eigenvalue weighted by Crippen LogP contribution is 2.10. The van der Waals surface area contributed by atoms with Gasteiger partial charge in [0.2, 0.25) is 0 Å². The molecule has 0 N–H and O–H groups in total. The van der Waals surface area contributed by atoms with Crippen LogP contribution in [-0.2, 0) is 0 Å². The zero-order chi connectivity index (χ0) is 5.98. The molecule has 1 nitrogen and oxygen atoms in total. The van der Waals surface area contributed by atoms with Crippen molar-refractivity contribution in [3.8, 4) is 0 Å². The molecule has 0 saturated carbocycles. The maximum absolute atomic E-state index is 2.45. The minimum absolute atomic E-state index is 0.789. The van der Waals surface area contributed by atoms with E-state index in [0.29, 0.717) is 0 Å². The number of rotatable bonds is 3. The Morgan fingerprint density at radius 3 is 2.62 bits per heavy atom. The first-order valence-electron chi connectivity index (χ1n) is 3.34. The third kappa shape index (κ3) is 1.87. The summed E-state index contributed by atoms with van der Waals surface area (Å²) in [6.45, 7) is 8.33. The topological polar surface area (TPSA) is 3.01 Å². The van der Waals surface area contributed by atoms with Gasteiger partial charge in [-0.05, 0) is 6.54 Å². The predicted octanol–water partition coefficient (Wildman–Crippen LogP) is 0.863. The number of hydrogen-bond acceptors (Lipinski definition) is 1. The maximum atomic E-state index is 2.45. The van der Waals surface area contributed by atoms with Gasteiger partial charge < -0.3 is 4.90 Å². The van der Waals surface area contributed by atoms with E-state index in [2.05, 4.69) is 25.9 Å². The molecule has 1 heterocycles. The van der Waals surface area contributed by atoms with Crippen LogP contribution in [0.25, 0.3) is 0 Å². The van der Waals surface area contributed by atoms with Crippen molar-refractivity contribution in [1.29, 1.82) is 0 Å². The van der Waals surface area contributed by atoms with Crippen LogP contribution in [0.3, 0.4) is 0 Å². The van der Waals surface area contributed by atoms with Crippen LogP contribution in [0.5, 0.6) is 0 Å². The Bertz CT molecular complexity index is 70.9. The average Bonchev–Trinajstić information content (AvgIpc) is 2.50. The normalized spacial score (nSPS) is 22.8. The Morgan fingerprint density at radius 2 is 2.25 bits per heavy atom. The van der Waals surface area contributed by atoms with Gasteiger partial charge in [-0.15, -0.1) is 0 Å². The van der Waals surface area contributed by atoms with Gasteiger partial charge in [0.05, 0.1) is 0 Å². The van der Waals surface area contributed by atoms with Crippen molar-refractivity contribution < 1.29 is 0 Å². The molecule has 0 amide bonds. The Morgan fingerprint density at radius 1 is 1.62 bits per heavy atom. The summed E-state index contributed by atoms with van der Waals surface area (Å²) in [5.74, 6) is 0.789. The largest absolute Gasteiger partial charge is 0.301 e. The maximum Gasteiger partial charge on any atom is 0.111 e. The lowest BCUT2D eigenvalue weighted by atomic mass is 9.68. The molecule has 0 bridgehead atoms. The summed E-state index contributed by atoms with van der Waals surface area (Å²) in [6, 6.07) is 0. The third-order valence-electron chi connectivity index (χ3n) is 1.66. The van der Waals surface area contributed by atoms with E-state index in [4.69, 9.17) is 0 Å². The zero-order valence-electron chi connectivity index (χ0n) is 5.72. The first-order valence-corrected chi connectivity index (χ1v) is 3.34. The first kappa shape index (κ1) is 6.15. The van der Waals surface area contributed by atoms with Crippen molar-refractivity contribution in [2.24, 2.45) is 0 Å². The second kappa shape index (κ2) is 2.54. The average molecular weight is 110 g/mol. The minimum atomic E-state index is 0.789. The van der Waals surface area contributed by atoms with Gasteiger partial charge in [0.1, 0.15) is 7.28 Å². The van der Waals surface area contributed by atoms with Crippen molar-refractivity contribution in [3.63, 3.8) is 0 Å². The molecule has 1 fully saturated rings. The van der Waals surface area contributed by atoms with E-state index in [1.165, 1.54) is 19.6 Å². The SMILES string of the molecule is C[B][C@H](C)CN1CC1. The molecule has 0 aromatic rings. The van der Waals surface area contributed by atoms with E-state index < -0.39 is 0 Å². The predicted molar refractivity (Wildman–Crippen MR) is 37.5 cm³/mol. The fourth-order valence-corrected chi connectivity index (χ4v) is 0.766. The fraction of sp³-hybridized carbons (Fsp3) is 1.00. The third-order valence-corrected chi connectivity index (χ3v) is 1.66. The van der Waals surface area contributed by atoms with Gasteiger partial charge in [0.25, 0.3) is 0 Å². The van der Waals surface area contributed by atoms with Crippen LogP contribution in [0.15, 0.2) is 0 Å². The summed E-state index contributed by atoms with van der Waals surface area (Å²) in [7, 11) is 2.26. The van der Waals surface area contributed by atoms with E-state index in [1.54, 1.807) is 0 Å². The van der Waals surface area contributed by atoms with Crippen molar-refractivity contribution in [2.45, 2.75) is 19.6 Å². The lowest BCUT2D eigenvalue weighted by Gasteiger charge is -2.05. The van der Waals surface area contributed by atoms with Crippen LogP contribution in [0.1, 0.15) is 6.92 Å². The Hall–Kier alpha value is 0.0249. The molecule has 0 aromatic carbocycles. The number of nitrogens with zero attached hydrogens (tertiary/aromatic N) is 1. The van der Waals surface area contributed by atoms with Crippen molar-refractivity contribution in [2.75, 3.05) is 19.6 Å². The molecule has 45 valence electrons. The Kier molecular flexibility index (Phi) is 1.95. The molecule has 1 atom stereocenters. The Balaban J connectivity index is 1.98. The molecule has 8 heavy (non-hydrogen) atoms. The van der Waals surface area contributed by atoms with Crippen LogP contribution in [0, 0.1) is 0 Å². The Labute approximate surface area is 52.3 Å². The fourth-order valence-electron chi connectivity index (χ4n) is 0.766. The quantitative estimate of drug-likeness (QED) is 0.384. The van der Waals surface area contributed by atoms with E-state index in [0.717, 1.165) is 5.82 Å². The summed E-state index contributed by atoms with van der Waals surface area (Å²) < 4.78 is 0. The molecule has 2 heteroatoms. The molecule has 1 aliphatic rings. The van der Waals surface area contributed by atoms with Gasteiger partial charge >= 0.3 is 0 Å². The van der Waals surface area contributed by atoms with E-state index in [9.17, 15) is 0 Å². The van der Waals surface area contributed by atoms with Gasteiger partial charge in [0.15, 0.2) is 0 Å². The van der Waals surface area contributed by atoms with E-state index >= 15 is 0 Å². The van der Waals surface area contributed by atoms with Gasteiger partial charge in [-0.1, -0.05) is 19.6 Å².